The number of rotatable bonds is 8. The largest absolute Gasteiger partial charge is 1.00 e. The van der Waals surface area contributed by atoms with Crippen molar-refractivity contribution >= 4 is 11.9 Å². The molecule has 6 aromatic carbocycles. The van der Waals surface area contributed by atoms with E-state index < -0.39 is 57.9 Å². The molecule has 10 rings (SSSR count). The fourth-order valence-electron chi connectivity index (χ4n) is 11.9. The Morgan fingerprint density at radius 1 is 0.476 bits per heavy atom. The molecule has 4 aliphatic rings. The Labute approximate surface area is 584 Å². The van der Waals surface area contributed by atoms with Gasteiger partial charge >= 0.3 is 128 Å². The molecule has 0 atom stereocenters. The smallest absolute Gasteiger partial charge is 0.424 e. The Bertz CT molecular complexity index is 3110. The summed E-state index contributed by atoms with van der Waals surface area (Å²) in [5.74, 6) is -0.0269. The summed E-state index contributed by atoms with van der Waals surface area (Å²) in [7, 11) is 0. The van der Waals surface area contributed by atoms with Gasteiger partial charge in [0, 0.05) is 35.5 Å². The third-order valence-electron chi connectivity index (χ3n) is 16.9. The Hall–Kier alpha value is -3.57. The molecule has 4 saturated carbocycles. The minimum Gasteiger partial charge on any atom is -0.424 e. The average Bonchev–Trinajstić information content (AvgIpc) is 3.57. The van der Waals surface area contributed by atoms with E-state index in [1.807, 2.05) is 13.0 Å². The summed E-state index contributed by atoms with van der Waals surface area (Å²) < 4.78 is 89.7. The quantitative estimate of drug-likeness (QED) is 0.0651. The second-order valence-corrected chi connectivity index (χ2v) is 22.4. The van der Waals surface area contributed by atoms with Gasteiger partial charge in [-0.05, 0) is 184 Å². The van der Waals surface area contributed by atoms with Crippen LogP contribution in [-0.2, 0) is 0 Å². The maximum Gasteiger partial charge on any atom is 1.00 e. The van der Waals surface area contributed by atoms with E-state index in [2.05, 4.69) is 68.0 Å². The molecule has 6 aromatic rings. The minimum atomic E-state index is -1.17. The normalized spacial score (nSPS) is 21.9. The summed E-state index contributed by atoms with van der Waals surface area (Å²) in [5.41, 5.74) is 3.35. The minimum absolute atomic E-state index is 0. The monoisotopic (exact) mass is 1270 g/mol. The van der Waals surface area contributed by atoms with Crippen molar-refractivity contribution in [3.05, 3.63) is 201 Å². The van der Waals surface area contributed by atoms with Crippen LogP contribution in [0, 0.1) is 119 Å². The molecule has 4 fully saturated rings. The standard InChI is InChI=1S/C20H29F.C20H30.C14H5F3NO2.C14H6F2NO2.2Rb.4H2/c1-14-3-6-16(7-4-14)17-9-11-18(12-10-17)19-8-5-15(2)20(21)13-19;1-15-3-7-17(8-4-15)19-11-13-20(14-12-19)18-9-5-16(2)6-10-18;15-11-4-2-1-3-9(11)14(19)20-8-5-12(16)10(7-18)13(17)6-8;15-12-4-2-1-3-11(12)14(18)19-10-6-5-9(8-17)13(16)7-10;;;;;;/h5,8,13-14,16-18H,3-4,6-7,9-12H2,1-2H3;3-4,7-8,16,18-20H,5-6,9-14H2,1-2H3;1,3-6H;1,3-7H;;;4*1H/q;;2*-1;2*+1;;;;. The van der Waals surface area contributed by atoms with Gasteiger partial charge in [0.05, 0.1) is 5.56 Å². The van der Waals surface area contributed by atoms with Crippen LogP contribution in [0.1, 0.15) is 188 Å². The number of hydrogen-bond acceptors (Lipinski definition) is 6. The van der Waals surface area contributed by atoms with Crippen LogP contribution in [0.2, 0.25) is 0 Å². The third-order valence-corrected chi connectivity index (χ3v) is 16.9. The van der Waals surface area contributed by atoms with Gasteiger partial charge in [0.1, 0.15) is 52.5 Å². The molecule has 4 aliphatic carbocycles. The van der Waals surface area contributed by atoms with Gasteiger partial charge in [-0.15, -0.1) is 12.1 Å². The van der Waals surface area contributed by atoms with Gasteiger partial charge in [-0.3, -0.25) is 8.78 Å². The molecule has 0 unspecified atom stereocenters. The van der Waals surface area contributed by atoms with E-state index >= 15 is 0 Å². The molecule has 14 heteroatoms. The van der Waals surface area contributed by atoms with Crippen LogP contribution >= 0.6 is 0 Å². The van der Waals surface area contributed by atoms with E-state index in [9.17, 15) is 35.9 Å². The van der Waals surface area contributed by atoms with E-state index in [0.717, 1.165) is 71.3 Å². The molecular formula is C68H78F6N2O4Rb2. The Morgan fingerprint density at radius 2 is 0.890 bits per heavy atom. The van der Waals surface area contributed by atoms with Crippen molar-refractivity contribution in [3.8, 4) is 23.6 Å². The number of ether oxygens (including phenoxy) is 2. The molecule has 0 spiro atoms. The van der Waals surface area contributed by atoms with Crippen LogP contribution < -0.4 is 126 Å². The summed E-state index contributed by atoms with van der Waals surface area (Å²) >= 11 is 0. The van der Waals surface area contributed by atoms with Gasteiger partial charge in [-0.25, -0.2) is 27.2 Å². The number of carbonyl (C=O) groups is 2. The number of hydrogen-bond donors (Lipinski definition) is 0. The molecule has 0 aromatic heterocycles. The molecule has 0 radical (unpaired) electrons. The first kappa shape index (κ1) is 69.2. The number of esters is 2. The molecule has 0 aliphatic heterocycles. The molecule has 82 heavy (non-hydrogen) atoms. The Balaban J connectivity index is 0.000000561. The predicted molar refractivity (Wildman–Crippen MR) is 305 cm³/mol. The molecular weight excluding hydrogens is 1190 g/mol. The topological polar surface area (TPSA) is 100 Å². The molecule has 428 valence electrons. The Kier molecular flexibility index (Phi) is 29.2. The zero-order chi connectivity index (χ0) is 57.3. The van der Waals surface area contributed by atoms with Crippen molar-refractivity contribution in [1.82, 2.24) is 0 Å². The maximum absolute atomic E-state index is 13.7. The fourth-order valence-corrected chi connectivity index (χ4v) is 11.9. The number of carbonyl (C=O) groups excluding carboxylic acids is 2. The zero-order valence-electron chi connectivity index (χ0n) is 48.1. The van der Waals surface area contributed by atoms with E-state index in [4.69, 9.17) is 15.3 Å². The first-order chi connectivity index (χ1) is 38.5. The summed E-state index contributed by atoms with van der Waals surface area (Å²) in [4.78, 5) is 23.3. The second-order valence-electron chi connectivity index (χ2n) is 22.4. The van der Waals surface area contributed by atoms with Crippen molar-refractivity contribution in [2.24, 2.45) is 35.5 Å². The van der Waals surface area contributed by atoms with Crippen LogP contribution in [0.4, 0.5) is 26.3 Å². The zero-order valence-corrected chi connectivity index (χ0v) is 58.0. The summed E-state index contributed by atoms with van der Waals surface area (Å²) in [6.07, 6.45) is 22.9. The summed E-state index contributed by atoms with van der Waals surface area (Å²) in [6.45, 7) is 8.87. The first-order valence-corrected chi connectivity index (χ1v) is 28.2. The Morgan fingerprint density at radius 3 is 1.30 bits per heavy atom. The van der Waals surface area contributed by atoms with E-state index in [0.29, 0.717) is 18.1 Å². The molecule has 0 heterocycles. The van der Waals surface area contributed by atoms with Crippen molar-refractivity contribution in [1.29, 1.82) is 10.5 Å². The molecule has 0 N–H and O–H groups in total. The number of benzene rings is 6. The van der Waals surface area contributed by atoms with Crippen LogP contribution in [0.15, 0.2) is 109 Å². The molecule has 0 bridgehead atoms. The third kappa shape index (κ3) is 20.3. The van der Waals surface area contributed by atoms with Crippen molar-refractivity contribution in [3.63, 3.8) is 0 Å². The van der Waals surface area contributed by atoms with E-state index in [1.165, 1.54) is 150 Å². The van der Waals surface area contributed by atoms with E-state index in [-0.39, 0.29) is 145 Å². The van der Waals surface area contributed by atoms with Crippen molar-refractivity contribution < 1.29 is 167 Å². The second kappa shape index (κ2) is 34.5. The first-order valence-electron chi connectivity index (χ1n) is 28.2. The van der Waals surface area contributed by atoms with Crippen LogP contribution in [0.5, 0.6) is 11.5 Å². The summed E-state index contributed by atoms with van der Waals surface area (Å²) in [6, 6.07) is 34.6. The van der Waals surface area contributed by atoms with Crippen LogP contribution in [-0.4, -0.2) is 11.9 Å². The fraction of sp³-hybridized carbons (Fsp3) is 0.412. The van der Waals surface area contributed by atoms with Crippen molar-refractivity contribution in [2.75, 3.05) is 0 Å². The van der Waals surface area contributed by atoms with Crippen LogP contribution in [0.25, 0.3) is 0 Å². The SMILES string of the molecule is Cc1ccc(C2CCC(C3CCC(C)CC3)CC2)cc1.Cc1ccc(C2CCC(C3CCC(C)CC3)CC2)cc1F.N#Cc1c(F)cc(OC(=O)c2cc[c-]cc2F)cc1F.N#Cc1ccc(OC(=O)c2cc[c-]cc2F)cc1F.[HH].[HH].[HH].[HH].[Rb+].[Rb+]. The molecule has 0 saturated heterocycles. The molecule has 0 amide bonds. The number of aryl methyl sites for hydroxylation is 2. The number of nitrogens with zero attached hydrogens (tertiary/aromatic N) is 2. The van der Waals surface area contributed by atoms with Crippen LogP contribution in [0.3, 0.4) is 0 Å². The predicted octanol–water partition coefficient (Wildman–Crippen LogP) is 13.2. The van der Waals surface area contributed by atoms with E-state index in [1.54, 1.807) is 17.7 Å². The van der Waals surface area contributed by atoms with Gasteiger partial charge in [0.15, 0.2) is 0 Å². The van der Waals surface area contributed by atoms with Gasteiger partial charge in [-0.1, -0.05) is 81.5 Å². The van der Waals surface area contributed by atoms with Gasteiger partial charge in [-0.2, -0.15) is 46.9 Å². The summed E-state index contributed by atoms with van der Waals surface area (Å²) in [5, 5.41) is 17.1. The van der Waals surface area contributed by atoms with Gasteiger partial charge in [0.25, 0.3) is 0 Å². The number of nitriles is 2. The van der Waals surface area contributed by atoms with Crippen molar-refractivity contribution in [2.45, 2.75) is 142 Å². The molecule has 6 nitrogen and oxygen atoms in total. The maximum atomic E-state index is 13.7. The average molecular weight is 1270 g/mol. The van der Waals surface area contributed by atoms with Gasteiger partial charge < -0.3 is 9.47 Å². The number of halogens is 6. The van der Waals surface area contributed by atoms with Gasteiger partial charge in [0.2, 0.25) is 0 Å².